The van der Waals surface area contributed by atoms with E-state index in [1.54, 1.807) is 24.4 Å². The zero-order chi connectivity index (χ0) is 26.4. The lowest BCUT2D eigenvalue weighted by atomic mass is 10.0. The molecule has 5 rings (SSSR count). The lowest BCUT2D eigenvalue weighted by Gasteiger charge is -2.17. The number of sulfone groups is 1. The van der Waals surface area contributed by atoms with E-state index in [2.05, 4.69) is 4.90 Å². The third-order valence-corrected chi connectivity index (χ3v) is 7.91. The average molecular weight is 526 g/mol. The predicted octanol–water partition coefficient (Wildman–Crippen LogP) is 6.40. The number of halogens is 3. The smallest absolute Gasteiger partial charge is 0.298 e. The van der Waals surface area contributed by atoms with Gasteiger partial charge < -0.3 is 0 Å². The van der Waals surface area contributed by atoms with Gasteiger partial charge in [-0.1, -0.05) is 54.6 Å². The standard InChI is InChI=1S/C28H26F3N3O2S/c1-33-16-8-13-24(33)23-18-34(27(32-23)21-11-6-7-12-22(21)28(29,30)31)25-15-14-20(17-26(25)37(2,35)36)19-9-4-3-5-10-19/h3-7,9-12,14-15,17-18,24H,8,13,16H2,1-2H3/t24-/m1/s1. The fourth-order valence-corrected chi connectivity index (χ4v) is 5.85. The number of hydrogen-bond donors (Lipinski definition) is 0. The largest absolute Gasteiger partial charge is 0.417 e. The van der Waals surface area contributed by atoms with E-state index in [1.165, 1.54) is 22.8 Å². The SMILES string of the molecule is CN1CCC[C@@H]1c1cn(-c2ccc(-c3ccccc3)cc2S(C)(=O)=O)c(-c2ccccc2C(F)(F)F)n1. The molecule has 0 aliphatic carbocycles. The summed E-state index contributed by atoms with van der Waals surface area (Å²) in [5.41, 5.74) is 1.47. The Morgan fingerprint density at radius 2 is 1.65 bits per heavy atom. The van der Waals surface area contributed by atoms with Gasteiger partial charge >= 0.3 is 6.18 Å². The van der Waals surface area contributed by atoms with Crippen LogP contribution >= 0.6 is 0 Å². The minimum atomic E-state index is -4.60. The second kappa shape index (κ2) is 9.46. The molecule has 4 aromatic rings. The molecule has 1 aromatic heterocycles. The first-order valence-corrected chi connectivity index (χ1v) is 13.8. The number of aromatic nitrogens is 2. The van der Waals surface area contributed by atoms with Crippen molar-refractivity contribution in [1.82, 2.24) is 14.5 Å². The molecule has 37 heavy (non-hydrogen) atoms. The molecule has 9 heteroatoms. The normalized spacial score (nSPS) is 16.8. The highest BCUT2D eigenvalue weighted by atomic mass is 32.2. The fourth-order valence-electron chi connectivity index (χ4n) is 4.96. The molecule has 5 nitrogen and oxygen atoms in total. The van der Waals surface area contributed by atoms with Gasteiger partial charge in [-0.05, 0) is 55.8 Å². The van der Waals surface area contributed by atoms with Crippen molar-refractivity contribution in [2.24, 2.45) is 0 Å². The number of hydrogen-bond acceptors (Lipinski definition) is 4. The second-order valence-corrected chi connectivity index (χ2v) is 11.3. The molecule has 0 saturated carbocycles. The van der Waals surface area contributed by atoms with Crippen LogP contribution in [0.15, 0.2) is 83.9 Å². The summed E-state index contributed by atoms with van der Waals surface area (Å²) in [5, 5.41) is 0. The van der Waals surface area contributed by atoms with Gasteiger partial charge in [0.25, 0.3) is 0 Å². The van der Waals surface area contributed by atoms with Gasteiger partial charge in [0.05, 0.1) is 27.9 Å². The highest BCUT2D eigenvalue weighted by Gasteiger charge is 2.36. The van der Waals surface area contributed by atoms with Gasteiger partial charge in [0.15, 0.2) is 9.84 Å². The Labute approximate surface area is 214 Å². The van der Waals surface area contributed by atoms with Crippen LogP contribution in [0.2, 0.25) is 0 Å². The molecule has 192 valence electrons. The van der Waals surface area contributed by atoms with Crippen LogP contribution in [-0.2, 0) is 16.0 Å². The molecule has 0 unspecified atom stereocenters. The Bertz CT molecular complexity index is 1550. The van der Waals surface area contributed by atoms with Crippen molar-refractivity contribution in [2.75, 3.05) is 19.8 Å². The summed E-state index contributed by atoms with van der Waals surface area (Å²) in [6.07, 6.45) is -0.0508. The topological polar surface area (TPSA) is 55.2 Å². The van der Waals surface area contributed by atoms with Gasteiger partial charge in [0.1, 0.15) is 5.82 Å². The molecule has 1 fully saturated rings. The summed E-state index contributed by atoms with van der Waals surface area (Å²) in [6, 6.07) is 19.5. The summed E-state index contributed by atoms with van der Waals surface area (Å²) in [6.45, 7) is 0.854. The van der Waals surface area contributed by atoms with Crippen molar-refractivity contribution in [2.45, 2.75) is 30.0 Å². The molecular weight excluding hydrogens is 499 g/mol. The van der Waals surface area contributed by atoms with E-state index in [0.717, 1.165) is 37.3 Å². The molecule has 0 bridgehead atoms. The highest BCUT2D eigenvalue weighted by molar-refractivity contribution is 7.90. The lowest BCUT2D eigenvalue weighted by molar-refractivity contribution is -0.137. The van der Waals surface area contributed by atoms with Crippen LogP contribution in [-0.4, -0.2) is 42.7 Å². The zero-order valence-electron chi connectivity index (χ0n) is 20.4. The van der Waals surface area contributed by atoms with Gasteiger partial charge in [0.2, 0.25) is 0 Å². The molecule has 1 aliphatic rings. The molecule has 0 N–H and O–H groups in total. The fraction of sp³-hybridized carbons (Fsp3) is 0.250. The number of likely N-dealkylation sites (tertiary alicyclic amines) is 1. The van der Waals surface area contributed by atoms with Crippen LogP contribution in [0.1, 0.15) is 30.1 Å². The third kappa shape index (κ3) is 4.93. The molecule has 2 heterocycles. The summed E-state index contributed by atoms with van der Waals surface area (Å²) in [7, 11) is -1.80. The van der Waals surface area contributed by atoms with Crippen molar-refractivity contribution in [3.8, 4) is 28.2 Å². The van der Waals surface area contributed by atoms with E-state index in [1.807, 2.05) is 37.4 Å². The Balaban J connectivity index is 1.77. The molecular formula is C28H26F3N3O2S. The first-order valence-electron chi connectivity index (χ1n) is 11.9. The van der Waals surface area contributed by atoms with Crippen LogP contribution in [0, 0.1) is 0 Å². The molecule has 0 amide bonds. The first-order chi connectivity index (χ1) is 17.5. The van der Waals surface area contributed by atoms with Gasteiger partial charge in [-0.25, -0.2) is 13.4 Å². The maximum Gasteiger partial charge on any atom is 0.417 e. The van der Waals surface area contributed by atoms with Gasteiger partial charge in [-0.3, -0.25) is 9.47 Å². The Morgan fingerprint density at radius 1 is 0.946 bits per heavy atom. The summed E-state index contributed by atoms with van der Waals surface area (Å²) >= 11 is 0. The third-order valence-electron chi connectivity index (χ3n) is 6.79. The molecule has 0 spiro atoms. The Morgan fingerprint density at radius 3 is 2.30 bits per heavy atom. The zero-order valence-corrected chi connectivity index (χ0v) is 21.2. The van der Waals surface area contributed by atoms with E-state index in [0.29, 0.717) is 11.3 Å². The summed E-state index contributed by atoms with van der Waals surface area (Å²) in [5.74, 6) is 0.0561. The van der Waals surface area contributed by atoms with Crippen LogP contribution < -0.4 is 0 Å². The van der Waals surface area contributed by atoms with E-state index in [-0.39, 0.29) is 28.0 Å². The minimum Gasteiger partial charge on any atom is -0.298 e. The highest BCUT2D eigenvalue weighted by Crippen LogP contribution is 2.40. The van der Waals surface area contributed by atoms with Crippen LogP contribution in [0.3, 0.4) is 0 Å². The molecule has 1 atom stereocenters. The number of nitrogens with zero attached hydrogens (tertiary/aromatic N) is 3. The number of rotatable bonds is 5. The monoisotopic (exact) mass is 525 g/mol. The molecule has 1 aliphatic heterocycles. The van der Waals surface area contributed by atoms with Crippen LogP contribution in [0.5, 0.6) is 0 Å². The van der Waals surface area contributed by atoms with Gasteiger partial charge in [0, 0.05) is 18.0 Å². The molecule has 3 aromatic carbocycles. The van der Waals surface area contributed by atoms with Crippen molar-refractivity contribution in [1.29, 1.82) is 0 Å². The lowest BCUT2D eigenvalue weighted by Crippen LogP contribution is -2.17. The average Bonchev–Trinajstić information content (AvgIpc) is 3.49. The van der Waals surface area contributed by atoms with Gasteiger partial charge in [-0.2, -0.15) is 13.2 Å². The summed E-state index contributed by atoms with van der Waals surface area (Å²) < 4.78 is 69.5. The van der Waals surface area contributed by atoms with Crippen molar-refractivity contribution >= 4 is 9.84 Å². The minimum absolute atomic E-state index is 0.0170. The summed E-state index contributed by atoms with van der Waals surface area (Å²) in [4.78, 5) is 6.82. The van der Waals surface area contributed by atoms with Crippen molar-refractivity contribution in [3.05, 3.63) is 90.3 Å². The number of alkyl halides is 3. The molecule has 0 radical (unpaired) electrons. The van der Waals surface area contributed by atoms with E-state index in [9.17, 15) is 21.6 Å². The van der Waals surface area contributed by atoms with Crippen LogP contribution in [0.25, 0.3) is 28.2 Å². The van der Waals surface area contributed by atoms with E-state index in [4.69, 9.17) is 4.98 Å². The Kier molecular flexibility index (Phi) is 6.45. The molecule has 1 saturated heterocycles. The van der Waals surface area contributed by atoms with Crippen LogP contribution in [0.4, 0.5) is 13.2 Å². The van der Waals surface area contributed by atoms with Crippen molar-refractivity contribution in [3.63, 3.8) is 0 Å². The van der Waals surface area contributed by atoms with Crippen molar-refractivity contribution < 1.29 is 21.6 Å². The maximum absolute atomic E-state index is 14.0. The first kappa shape index (κ1) is 25.2. The number of imidazole rings is 1. The second-order valence-electron chi connectivity index (χ2n) is 9.36. The predicted molar refractivity (Wildman–Crippen MR) is 137 cm³/mol. The number of benzene rings is 3. The maximum atomic E-state index is 14.0. The Hall–Kier alpha value is -3.43. The van der Waals surface area contributed by atoms with E-state index < -0.39 is 21.6 Å². The van der Waals surface area contributed by atoms with Gasteiger partial charge in [-0.15, -0.1) is 0 Å². The quantitative estimate of drug-likeness (QED) is 0.303. The van der Waals surface area contributed by atoms with E-state index >= 15 is 0 Å².